The van der Waals surface area contributed by atoms with Crippen molar-refractivity contribution in [2.45, 2.75) is 0 Å². The van der Waals surface area contributed by atoms with Gasteiger partial charge in [0.15, 0.2) is 0 Å². The first-order valence-electron chi connectivity index (χ1n) is 10.0. The summed E-state index contributed by atoms with van der Waals surface area (Å²) in [6.07, 6.45) is 0. The maximum absolute atomic E-state index is 5.31. The molecule has 0 aliphatic heterocycles. The molecule has 0 aliphatic carbocycles. The summed E-state index contributed by atoms with van der Waals surface area (Å²) in [5.41, 5.74) is 6.42. The van der Waals surface area contributed by atoms with Crippen molar-refractivity contribution < 1.29 is 4.74 Å². The van der Waals surface area contributed by atoms with E-state index in [2.05, 4.69) is 91.0 Å². The summed E-state index contributed by atoms with van der Waals surface area (Å²) in [5.74, 6) is 0.840. The van der Waals surface area contributed by atoms with E-state index in [-0.39, 0.29) is 0 Å². The van der Waals surface area contributed by atoms with Crippen molar-refractivity contribution in [1.29, 1.82) is 0 Å². The highest BCUT2D eigenvalue weighted by Gasteiger charge is 2.10. The second-order valence-electron chi connectivity index (χ2n) is 7.28. The first-order chi connectivity index (χ1) is 14.8. The predicted octanol–water partition coefficient (Wildman–Crippen LogP) is 7.24. The lowest BCUT2D eigenvalue weighted by Gasteiger charge is -2.11. The van der Waals surface area contributed by atoms with E-state index in [9.17, 15) is 0 Å². The van der Waals surface area contributed by atoms with Crippen LogP contribution in [-0.4, -0.2) is 12.1 Å². The summed E-state index contributed by atoms with van der Waals surface area (Å²) >= 11 is 0. The Morgan fingerprint density at radius 1 is 0.500 bits per heavy atom. The van der Waals surface area contributed by atoms with Crippen LogP contribution in [0, 0.1) is 0 Å². The maximum Gasteiger partial charge on any atom is 0.118 e. The molecule has 1 aromatic heterocycles. The number of pyridine rings is 1. The molecule has 0 atom stereocenters. The van der Waals surface area contributed by atoms with Gasteiger partial charge < -0.3 is 4.74 Å². The molecule has 0 bridgehead atoms. The Bertz CT molecular complexity index is 1310. The van der Waals surface area contributed by atoms with Crippen molar-refractivity contribution in [3.8, 4) is 39.4 Å². The third kappa shape index (κ3) is 3.56. The van der Waals surface area contributed by atoms with Gasteiger partial charge in [-0.3, -0.25) is 0 Å². The highest BCUT2D eigenvalue weighted by atomic mass is 16.5. The fourth-order valence-corrected chi connectivity index (χ4v) is 3.73. The number of ether oxygens (including phenoxy) is 1. The molecule has 0 aliphatic rings. The topological polar surface area (TPSA) is 22.1 Å². The molecule has 144 valence electrons. The van der Waals surface area contributed by atoms with Gasteiger partial charge in [-0.15, -0.1) is 0 Å². The number of fused-ring (bicyclic) bond motifs is 1. The molecule has 2 nitrogen and oxygen atoms in total. The van der Waals surface area contributed by atoms with Crippen molar-refractivity contribution in [1.82, 2.24) is 4.98 Å². The zero-order valence-corrected chi connectivity index (χ0v) is 16.7. The van der Waals surface area contributed by atoms with Crippen molar-refractivity contribution in [2.75, 3.05) is 7.11 Å². The first kappa shape index (κ1) is 18.1. The lowest BCUT2D eigenvalue weighted by Crippen LogP contribution is -1.92. The Balaban J connectivity index is 1.68. The molecule has 0 N–H and O–H groups in total. The van der Waals surface area contributed by atoms with Crippen LogP contribution in [0.25, 0.3) is 44.4 Å². The summed E-state index contributed by atoms with van der Waals surface area (Å²) in [7, 11) is 1.68. The van der Waals surface area contributed by atoms with Crippen molar-refractivity contribution in [3.05, 3.63) is 109 Å². The quantitative estimate of drug-likeness (QED) is 0.324. The Kier molecular flexibility index (Phi) is 4.74. The van der Waals surface area contributed by atoms with E-state index in [0.717, 1.165) is 33.8 Å². The van der Waals surface area contributed by atoms with Crippen LogP contribution < -0.4 is 4.74 Å². The Hall–Kier alpha value is -3.91. The molecule has 0 spiro atoms. The average molecular weight is 387 g/mol. The van der Waals surface area contributed by atoms with E-state index in [1.54, 1.807) is 7.11 Å². The van der Waals surface area contributed by atoms with Gasteiger partial charge in [-0.2, -0.15) is 0 Å². The third-order valence-corrected chi connectivity index (χ3v) is 5.36. The normalized spacial score (nSPS) is 10.8. The molecule has 2 heteroatoms. The fourth-order valence-electron chi connectivity index (χ4n) is 3.73. The third-order valence-electron chi connectivity index (χ3n) is 5.36. The molecule has 5 rings (SSSR count). The predicted molar refractivity (Wildman–Crippen MR) is 125 cm³/mol. The molecule has 0 amide bonds. The standard InChI is InChI=1S/C28H21NO/c1-30-26-15-13-22(14-16-26)27-18-25(20-7-3-2-4-8-20)19-28(29-27)24-12-11-21-9-5-6-10-23(21)17-24/h2-19H,1H3. The lowest BCUT2D eigenvalue weighted by atomic mass is 9.99. The molecule has 0 saturated heterocycles. The SMILES string of the molecule is COc1ccc(-c2cc(-c3ccccc3)cc(-c3ccc4ccccc4c3)n2)cc1. The summed E-state index contributed by atoms with van der Waals surface area (Å²) < 4.78 is 5.31. The van der Waals surface area contributed by atoms with Gasteiger partial charge >= 0.3 is 0 Å². The molecule has 5 aromatic rings. The second kappa shape index (κ2) is 7.84. The smallest absolute Gasteiger partial charge is 0.118 e. The van der Waals surface area contributed by atoms with Crippen LogP contribution in [0.15, 0.2) is 109 Å². The molecule has 30 heavy (non-hydrogen) atoms. The number of benzene rings is 4. The van der Waals surface area contributed by atoms with Crippen LogP contribution in [0.5, 0.6) is 5.75 Å². The number of hydrogen-bond donors (Lipinski definition) is 0. The molecular weight excluding hydrogens is 366 g/mol. The van der Waals surface area contributed by atoms with Crippen LogP contribution in [0.4, 0.5) is 0 Å². The van der Waals surface area contributed by atoms with Gasteiger partial charge in [0.2, 0.25) is 0 Å². The van der Waals surface area contributed by atoms with Gasteiger partial charge in [0.05, 0.1) is 18.5 Å². The van der Waals surface area contributed by atoms with E-state index in [1.807, 2.05) is 18.2 Å². The van der Waals surface area contributed by atoms with Crippen LogP contribution in [-0.2, 0) is 0 Å². The highest BCUT2D eigenvalue weighted by Crippen LogP contribution is 2.32. The summed E-state index contributed by atoms with van der Waals surface area (Å²) in [5, 5.41) is 2.45. The van der Waals surface area contributed by atoms with Crippen molar-refractivity contribution in [3.63, 3.8) is 0 Å². The summed E-state index contributed by atoms with van der Waals surface area (Å²) in [4.78, 5) is 5.02. The van der Waals surface area contributed by atoms with Gasteiger partial charge in [-0.05, 0) is 64.4 Å². The first-order valence-corrected chi connectivity index (χ1v) is 10.0. The van der Waals surface area contributed by atoms with Crippen LogP contribution in [0.1, 0.15) is 0 Å². The van der Waals surface area contributed by atoms with E-state index in [4.69, 9.17) is 9.72 Å². The Labute approximate surface area is 176 Å². The maximum atomic E-state index is 5.31. The highest BCUT2D eigenvalue weighted by molar-refractivity contribution is 5.87. The number of rotatable bonds is 4. The number of nitrogens with zero attached hydrogens (tertiary/aromatic N) is 1. The monoisotopic (exact) mass is 387 g/mol. The van der Waals surface area contributed by atoms with Gasteiger partial charge in [0.25, 0.3) is 0 Å². The minimum absolute atomic E-state index is 0.840. The van der Waals surface area contributed by atoms with E-state index < -0.39 is 0 Å². The minimum Gasteiger partial charge on any atom is -0.497 e. The van der Waals surface area contributed by atoms with Crippen molar-refractivity contribution in [2.24, 2.45) is 0 Å². The van der Waals surface area contributed by atoms with Gasteiger partial charge in [0.1, 0.15) is 5.75 Å². The van der Waals surface area contributed by atoms with Gasteiger partial charge in [-0.25, -0.2) is 4.98 Å². The molecular formula is C28H21NO. The fraction of sp³-hybridized carbons (Fsp3) is 0.0357. The number of aromatic nitrogens is 1. The second-order valence-corrected chi connectivity index (χ2v) is 7.28. The molecule has 1 heterocycles. The van der Waals surface area contributed by atoms with Crippen LogP contribution in [0.2, 0.25) is 0 Å². The summed E-state index contributed by atoms with van der Waals surface area (Å²) in [6, 6.07) is 37.8. The van der Waals surface area contributed by atoms with E-state index in [1.165, 1.54) is 16.3 Å². The zero-order chi connectivity index (χ0) is 20.3. The van der Waals surface area contributed by atoms with E-state index in [0.29, 0.717) is 0 Å². The lowest BCUT2D eigenvalue weighted by molar-refractivity contribution is 0.415. The van der Waals surface area contributed by atoms with Crippen LogP contribution in [0.3, 0.4) is 0 Å². The van der Waals surface area contributed by atoms with Gasteiger partial charge in [-0.1, -0.05) is 66.7 Å². The largest absolute Gasteiger partial charge is 0.497 e. The zero-order valence-electron chi connectivity index (χ0n) is 16.7. The molecule has 0 saturated carbocycles. The molecule has 0 unspecified atom stereocenters. The van der Waals surface area contributed by atoms with E-state index >= 15 is 0 Å². The Morgan fingerprint density at radius 2 is 1.13 bits per heavy atom. The van der Waals surface area contributed by atoms with Crippen LogP contribution >= 0.6 is 0 Å². The number of methoxy groups -OCH3 is 1. The average Bonchev–Trinajstić information content (AvgIpc) is 2.84. The molecule has 0 fully saturated rings. The number of hydrogen-bond acceptors (Lipinski definition) is 2. The summed E-state index contributed by atoms with van der Waals surface area (Å²) in [6.45, 7) is 0. The molecule has 0 radical (unpaired) electrons. The minimum atomic E-state index is 0.840. The molecule has 4 aromatic carbocycles. The Morgan fingerprint density at radius 3 is 1.87 bits per heavy atom. The van der Waals surface area contributed by atoms with Crippen molar-refractivity contribution >= 4 is 10.8 Å². The van der Waals surface area contributed by atoms with Gasteiger partial charge in [0, 0.05) is 11.1 Å².